The van der Waals surface area contributed by atoms with Crippen LogP contribution < -0.4 is 9.47 Å². The van der Waals surface area contributed by atoms with Crippen molar-refractivity contribution in [2.24, 2.45) is 5.41 Å². The van der Waals surface area contributed by atoms with Crippen molar-refractivity contribution in [2.45, 2.75) is 33.0 Å². The van der Waals surface area contributed by atoms with E-state index in [1.165, 1.54) is 0 Å². The van der Waals surface area contributed by atoms with Gasteiger partial charge in [-0.3, -0.25) is 4.79 Å². The molecule has 1 aliphatic rings. The van der Waals surface area contributed by atoms with E-state index >= 15 is 0 Å². The summed E-state index contributed by atoms with van der Waals surface area (Å²) in [5.41, 5.74) is -0.440. The van der Waals surface area contributed by atoms with Crippen molar-refractivity contribution in [2.75, 3.05) is 0 Å². The van der Waals surface area contributed by atoms with Gasteiger partial charge in [0.2, 0.25) is 0 Å². The number of hydrogen-bond acceptors (Lipinski definition) is 3. The molecule has 0 unspecified atom stereocenters. The van der Waals surface area contributed by atoms with Gasteiger partial charge in [-0.1, -0.05) is 32.9 Å². The van der Waals surface area contributed by atoms with Gasteiger partial charge in [0, 0.05) is 5.41 Å². The van der Waals surface area contributed by atoms with Gasteiger partial charge < -0.3 is 14.6 Å². The summed E-state index contributed by atoms with van der Waals surface area (Å²) in [7, 11) is 0. The number of ether oxygens (including phenoxy) is 2. The molecule has 0 saturated heterocycles. The molecular weight excluding hydrogens is 220 g/mol. The third-order valence-corrected chi connectivity index (χ3v) is 2.93. The molecule has 0 spiro atoms. The highest BCUT2D eigenvalue weighted by molar-refractivity contribution is 5.68. The molecule has 0 radical (unpaired) electrons. The van der Waals surface area contributed by atoms with E-state index in [0.29, 0.717) is 11.5 Å². The number of carbonyl (C=O) groups is 1. The summed E-state index contributed by atoms with van der Waals surface area (Å²) in [5.74, 6) is -0.872. The quantitative estimate of drug-likeness (QED) is 0.857. The summed E-state index contributed by atoms with van der Waals surface area (Å²) in [4.78, 5) is 11.0. The van der Waals surface area contributed by atoms with Crippen LogP contribution in [0.1, 0.15) is 27.2 Å². The topological polar surface area (TPSA) is 55.8 Å². The second kappa shape index (κ2) is 3.65. The van der Waals surface area contributed by atoms with Gasteiger partial charge in [-0.15, -0.1) is 0 Å². The summed E-state index contributed by atoms with van der Waals surface area (Å²) in [6, 6.07) is 7.23. The number of fused-ring (bicyclic) bond motifs is 1. The highest BCUT2D eigenvalue weighted by Gasteiger charge is 2.52. The Bertz CT molecular complexity index is 420. The summed E-state index contributed by atoms with van der Waals surface area (Å²) >= 11 is 0. The Labute approximate surface area is 100 Å². The number of benzene rings is 1. The minimum Gasteiger partial charge on any atom is -0.481 e. The zero-order valence-corrected chi connectivity index (χ0v) is 10.2. The van der Waals surface area contributed by atoms with Crippen LogP contribution in [0.25, 0.3) is 0 Å². The van der Waals surface area contributed by atoms with Gasteiger partial charge in [0.15, 0.2) is 11.5 Å². The predicted octanol–water partition coefficient (Wildman–Crippen LogP) is 2.67. The first-order chi connectivity index (χ1) is 7.84. The van der Waals surface area contributed by atoms with E-state index < -0.39 is 17.2 Å². The molecule has 1 aromatic carbocycles. The van der Waals surface area contributed by atoms with Crippen LogP contribution in [-0.2, 0) is 4.79 Å². The first-order valence-electron chi connectivity index (χ1n) is 5.53. The molecule has 4 nitrogen and oxygen atoms in total. The van der Waals surface area contributed by atoms with E-state index in [4.69, 9.17) is 14.6 Å². The minimum atomic E-state index is -1.14. The van der Waals surface area contributed by atoms with Crippen molar-refractivity contribution in [3.8, 4) is 11.5 Å². The van der Waals surface area contributed by atoms with E-state index in [1.54, 1.807) is 12.1 Å². The van der Waals surface area contributed by atoms with Crippen LogP contribution in [0.3, 0.4) is 0 Å². The lowest BCUT2D eigenvalue weighted by Gasteiger charge is -2.38. The summed E-state index contributed by atoms with van der Waals surface area (Å²) in [6.07, 6.45) is -0.189. The van der Waals surface area contributed by atoms with Crippen LogP contribution in [0.2, 0.25) is 0 Å². The summed E-state index contributed by atoms with van der Waals surface area (Å²) < 4.78 is 11.5. The highest BCUT2D eigenvalue weighted by Crippen LogP contribution is 2.48. The minimum absolute atomic E-state index is 0.189. The van der Waals surface area contributed by atoms with Crippen molar-refractivity contribution in [1.82, 2.24) is 0 Å². The van der Waals surface area contributed by atoms with Crippen LogP contribution in [-0.4, -0.2) is 16.9 Å². The number of carboxylic acids is 1. The van der Waals surface area contributed by atoms with Gasteiger partial charge in [-0.2, -0.15) is 0 Å². The number of hydrogen-bond donors (Lipinski definition) is 1. The van der Waals surface area contributed by atoms with E-state index in [9.17, 15) is 4.79 Å². The zero-order chi connectivity index (χ0) is 12.7. The molecule has 2 rings (SSSR count). The highest BCUT2D eigenvalue weighted by atomic mass is 16.7. The van der Waals surface area contributed by atoms with E-state index in [1.807, 2.05) is 32.9 Å². The smallest absolute Gasteiger partial charge is 0.311 e. The number of aliphatic carboxylic acids is 1. The van der Waals surface area contributed by atoms with Crippen LogP contribution in [0.15, 0.2) is 24.3 Å². The van der Waals surface area contributed by atoms with E-state index in [2.05, 4.69) is 0 Å². The molecule has 0 fully saturated rings. The molecule has 0 bridgehead atoms. The second-order valence-electron chi connectivity index (χ2n) is 5.22. The fraction of sp³-hybridized carbons (Fsp3) is 0.462. The maximum Gasteiger partial charge on any atom is 0.311 e. The van der Waals surface area contributed by atoms with Gasteiger partial charge in [-0.05, 0) is 12.1 Å². The van der Waals surface area contributed by atoms with Crippen molar-refractivity contribution in [3.05, 3.63) is 24.3 Å². The van der Waals surface area contributed by atoms with E-state index in [-0.39, 0.29) is 6.42 Å². The normalized spacial score (nSPS) is 16.9. The molecule has 4 heteroatoms. The Kier molecular flexibility index (Phi) is 2.53. The second-order valence-corrected chi connectivity index (χ2v) is 5.22. The lowest BCUT2D eigenvalue weighted by atomic mass is 9.83. The zero-order valence-electron chi connectivity index (χ0n) is 10.2. The Morgan fingerprint density at radius 2 is 1.71 bits per heavy atom. The first kappa shape index (κ1) is 11.8. The van der Waals surface area contributed by atoms with Gasteiger partial charge >= 0.3 is 5.97 Å². The lowest BCUT2D eigenvalue weighted by molar-refractivity contribution is -0.180. The molecule has 0 atom stereocenters. The third-order valence-electron chi connectivity index (χ3n) is 2.93. The molecule has 1 aliphatic heterocycles. The fourth-order valence-electron chi connectivity index (χ4n) is 1.84. The lowest BCUT2D eigenvalue weighted by Crippen LogP contribution is -2.52. The number of para-hydroxylation sites is 2. The van der Waals surface area contributed by atoms with Gasteiger partial charge in [0.05, 0.1) is 0 Å². The molecular formula is C13H16O4. The molecule has 1 N–H and O–H groups in total. The predicted molar refractivity (Wildman–Crippen MR) is 62.1 cm³/mol. The molecule has 0 saturated carbocycles. The molecule has 92 valence electrons. The monoisotopic (exact) mass is 236 g/mol. The SMILES string of the molecule is CC(C)(C)C1(CC(=O)O)Oc2ccccc2O1. The van der Waals surface area contributed by atoms with Crippen molar-refractivity contribution < 1.29 is 19.4 Å². The van der Waals surface area contributed by atoms with Crippen LogP contribution in [0, 0.1) is 5.41 Å². The molecule has 17 heavy (non-hydrogen) atoms. The molecule has 0 aromatic heterocycles. The third kappa shape index (κ3) is 1.95. The number of rotatable bonds is 2. The maximum absolute atomic E-state index is 11.0. The molecule has 0 amide bonds. The summed E-state index contributed by atoms with van der Waals surface area (Å²) in [5, 5.41) is 9.02. The first-order valence-corrected chi connectivity index (χ1v) is 5.53. The molecule has 1 heterocycles. The van der Waals surface area contributed by atoms with Gasteiger partial charge in [-0.25, -0.2) is 0 Å². The maximum atomic E-state index is 11.0. The Hall–Kier alpha value is -1.71. The van der Waals surface area contributed by atoms with Crippen molar-refractivity contribution >= 4 is 5.97 Å². The Morgan fingerprint density at radius 1 is 1.24 bits per heavy atom. The van der Waals surface area contributed by atoms with Crippen LogP contribution >= 0.6 is 0 Å². The molecule has 1 aromatic rings. The average Bonchev–Trinajstić information content (AvgIpc) is 2.54. The standard InChI is InChI=1S/C13H16O4/c1-12(2,3)13(8-11(14)15)16-9-6-4-5-7-10(9)17-13/h4-7H,8H2,1-3H3,(H,14,15). The largest absolute Gasteiger partial charge is 0.481 e. The summed E-state index contributed by atoms with van der Waals surface area (Å²) in [6.45, 7) is 5.71. The number of carboxylic acid groups (broad SMARTS) is 1. The van der Waals surface area contributed by atoms with Crippen molar-refractivity contribution in [1.29, 1.82) is 0 Å². The van der Waals surface area contributed by atoms with Crippen molar-refractivity contribution in [3.63, 3.8) is 0 Å². The Balaban J connectivity index is 2.38. The molecule has 0 aliphatic carbocycles. The Morgan fingerprint density at radius 3 is 2.06 bits per heavy atom. The average molecular weight is 236 g/mol. The van der Waals surface area contributed by atoms with Gasteiger partial charge in [0.1, 0.15) is 6.42 Å². The van der Waals surface area contributed by atoms with Crippen LogP contribution in [0.4, 0.5) is 0 Å². The van der Waals surface area contributed by atoms with E-state index in [0.717, 1.165) is 0 Å². The fourth-order valence-corrected chi connectivity index (χ4v) is 1.84. The van der Waals surface area contributed by atoms with Crippen LogP contribution in [0.5, 0.6) is 11.5 Å². The van der Waals surface area contributed by atoms with Gasteiger partial charge in [0.25, 0.3) is 5.79 Å².